The number of nitrogens with one attached hydrogen (secondary N) is 2. The molecule has 4 N–H and O–H groups in total. The van der Waals surface area contributed by atoms with Gasteiger partial charge in [-0.15, -0.1) is 0 Å². The van der Waals surface area contributed by atoms with Gasteiger partial charge < -0.3 is 34.3 Å². The van der Waals surface area contributed by atoms with Crippen molar-refractivity contribution < 1.29 is 47.7 Å². The Morgan fingerprint density at radius 1 is 1.29 bits per heavy atom. The van der Waals surface area contributed by atoms with Gasteiger partial charge in [-0.2, -0.15) is 0 Å². The van der Waals surface area contributed by atoms with Crippen LogP contribution in [0.3, 0.4) is 0 Å². The second-order valence-corrected chi connectivity index (χ2v) is 2.22. The van der Waals surface area contributed by atoms with Crippen molar-refractivity contribution in [2.45, 2.75) is 0 Å². The van der Waals surface area contributed by atoms with Gasteiger partial charge in [-0.3, -0.25) is 4.79 Å². The third kappa shape index (κ3) is 6.66. The third-order valence-electron chi connectivity index (χ3n) is 1.17. The molecule has 0 bridgehead atoms. The van der Waals surface area contributed by atoms with E-state index >= 15 is 0 Å². The average molecular weight is 319 g/mol. The Morgan fingerprint density at radius 2 is 1.65 bits per heavy atom. The molecule has 1 aromatic heterocycles. The topological polar surface area (TPSA) is 145 Å². The molecule has 0 unspecified atom stereocenters. The van der Waals surface area contributed by atoms with Crippen LogP contribution >= 0.6 is 0 Å². The first-order chi connectivity index (χ1) is 7.42. The maximum Gasteiger partial charge on any atom is 0.327 e. The molecule has 0 saturated heterocycles. The van der Waals surface area contributed by atoms with Gasteiger partial charge in [-0.25, -0.2) is 4.79 Å². The molecule has 0 aliphatic carbocycles. The summed E-state index contributed by atoms with van der Waals surface area (Å²) in [5, 5.41) is 15.9. The Hall–Kier alpha value is -1.45. The van der Waals surface area contributed by atoms with Gasteiger partial charge in [0, 0.05) is 45.5 Å². The molecular weight excluding hydrogens is 311 g/mol. The summed E-state index contributed by atoms with van der Waals surface area (Å²) in [6.07, 6.45) is 0.833. The van der Waals surface area contributed by atoms with Gasteiger partial charge in [-0.1, -0.05) is 6.58 Å². The van der Waals surface area contributed by atoms with E-state index in [9.17, 15) is 19.2 Å². The standard InChI is InChI=1S/C4H4N3O4.C3H4O2.Y/c8-1-7-3(10)5-2(9)6-4(7)11;1-2-3(4)5;/h1,8H,(H2,5,6,9,10,11);2H,1H2,(H,4,5);/q-1;;. The number of carboxylic acids is 1. The Morgan fingerprint density at radius 3 is 1.88 bits per heavy atom. The van der Waals surface area contributed by atoms with E-state index in [1.54, 1.807) is 9.97 Å². The van der Waals surface area contributed by atoms with E-state index in [1.165, 1.54) is 0 Å². The fraction of sp³-hybridized carbons (Fsp3) is 0. The predicted molar refractivity (Wildman–Crippen MR) is 51.4 cm³/mol. The van der Waals surface area contributed by atoms with Gasteiger partial charge in [0.05, 0.1) is 0 Å². The molecule has 0 amide bonds. The summed E-state index contributed by atoms with van der Waals surface area (Å²) in [7, 11) is 0. The maximum absolute atomic E-state index is 10.6. The summed E-state index contributed by atoms with van der Waals surface area (Å²) in [4.78, 5) is 44.3. The first kappa shape index (κ1) is 17.9. The van der Waals surface area contributed by atoms with Crippen molar-refractivity contribution in [1.82, 2.24) is 14.5 Å². The number of hydrogen-bond acceptors (Lipinski definition) is 5. The Bertz CT molecular complexity index is 507. The van der Waals surface area contributed by atoms with Crippen molar-refractivity contribution in [3.05, 3.63) is 50.8 Å². The summed E-state index contributed by atoms with van der Waals surface area (Å²) in [5.41, 5.74) is -2.87. The molecule has 0 aliphatic heterocycles. The van der Waals surface area contributed by atoms with E-state index in [1.807, 2.05) is 0 Å². The van der Waals surface area contributed by atoms with E-state index in [0.29, 0.717) is 4.57 Å². The van der Waals surface area contributed by atoms with Gasteiger partial charge in [0.2, 0.25) is 11.4 Å². The fourth-order valence-corrected chi connectivity index (χ4v) is 0.543. The molecule has 0 fully saturated rings. The molecule has 0 aromatic carbocycles. The number of carboxylic acid groups (broad SMARTS) is 1. The number of aliphatic hydroxyl groups excluding tert-OH is 1. The van der Waals surface area contributed by atoms with Gasteiger partial charge in [0.15, 0.2) is 0 Å². The molecule has 0 atom stereocenters. The normalized spacial score (nSPS) is 8.06. The van der Waals surface area contributed by atoms with Crippen molar-refractivity contribution in [2.24, 2.45) is 0 Å². The Balaban J connectivity index is 0. The van der Waals surface area contributed by atoms with Crippen molar-refractivity contribution in [3.63, 3.8) is 0 Å². The molecule has 1 rings (SSSR count). The van der Waals surface area contributed by atoms with Crippen LogP contribution in [-0.2, 0) is 37.5 Å². The van der Waals surface area contributed by atoms with Crippen LogP contribution in [0.4, 0.5) is 0 Å². The Kier molecular flexibility index (Phi) is 9.15. The van der Waals surface area contributed by atoms with E-state index < -0.39 is 23.0 Å². The second kappa shape index (κ2) is 8.68. The average Bonchev–Trinajstić information content (AvgIpc) is 2.17. The van der Waals surface area contributed by atoms with Crippen molar-refractivity contribution >= 4 is 5.97 Å². The maximum atomic E-state index is 10.6. The summed E-state index contributed by atoms with van der Waals surface area (Å²) >= 11 is 0. The van der Waals surface area contributed by atoms with Gasteiger partial charge in [0.25, 0.3) is 0 Å². The fourth-order valence-electron chi connectivity index (χ4n) is 0.543. The number of hydrogen-bond donors (Lipinski definition) is 4. The number of aromatic nitrogens is 3. The van der Waals surface area contributed by atoms with Crippen molar-refractivity contribution in [1.29, 1.82) is 0 Å². The second-order valence-electron chi connectivity index (χ2n) is 2.22. The van der Waals surface area contributed by atoms with Crippen LogP contribution in [-0.4, -0.2) is 30.7 Å². The van der Waals surface area contributed by atoms with Crippen LogP contribution < -0.4 is 17.1 Å². The van der Waals surface area contributed by atoms with Crippen LogP contribution in [0, 0.1) is 6.73 Å². The smallest absolute Gasteiger partial charge is 0.327 e. The molecule has 9 nitrogen and oxygen atoms in total. The summed E-state index contributed by atoms with van der Waals surface area (Å²) in [6.45, 7) is 3.22. The SMILES string of the molecule is C=CC(=O)O.O=c1[nH]c(=O)n([CH-]O)c(=O)[nH]1.[Y]. The van der Waals surface area contributed by atoms with Crippen LogP contribution in [0.2, 0.25) is 0 Å². The van der Waals surface area contributed by atoms with Crippen LogP contribution in [0.5, 0.6) is 0 Å². The molecule has 17 heavy (non-hydrogen) atoms. The number of aromatic amines is 2. The number of aliphatic carboxylic acids is 1. The molecular formula is C7H8N3O6Y-. The molecule has 1 aromatic rings. The number of nitrogens with zero attached hydrogens (tertiary/aromatic N) is 1. The summed E-state index contributed by atoms with van der Waals surface area (Å²) in [6, 6.07) is 0. The van der Waals surface area contributed by atoms with E-state index in [-0.39, 0.29) is 39.4 Å². The van der Waals surface area contributed by atoms with E-state index in [4.69, 9.17) is 10.2 Å². The largest absolute Gasteiger partial charge is 0.478 e. The van der Waals surface area contributed by atoms with Crippen LogP contribution in [0.15, 0.2) is 27.0 Å². The molecule has 10 heteroatoms. The minimum atomic E-state index is -0.985. The molecule has 1 heterocycles. The molecule has 0 aliphatic rings. The molecule has 91 valence electrons. The third-order valence-corrected chi connectivity index (χ3v) is 1.17. The van der Waals surface area contributed by atoms with Gasteiger partial charge in [0.1, 0.15) is 0 Å². The first-order valence-corrected chi connectivity index (χ1v) is 3.70. The quantitative estimate of drug-likeness (QED) is 0.360. The monoisotopic (exact) mass is 319 g/mol. The van der Waals surface area contributed by atoms with E-state index in [2.05, 4.69) is 6.58 Å². The zero-order valence-electron chi connectivity index (χ0n) is 8.41. The molecule has 0 saturated carbocycles. The molecule has 1 radical (unpaired) electrons. The zero-order valence-corrected chi connectivity index (χ0v) is 11.3. The van der Waals surface area contributed by atoms with Gasteiger partial charge >= 0.3 is 11.7 Å². The summed E-state index contributed by atoms with van der Waals surface area (Å²) in [5.74, 6) is -0.981. The van der Waals surface area contributed by atoms with E-state index in [0.717, 1.165) is 6.08 Å². The number of aliphatic hydroxyl groups is 1. The van der Waals surface area contributed by atoms with Crippen molar-refractivity contribution in [2.75, 3.05) is 0 Å². The van der Waals surface area contributed by atoms with Crippen LogP contribution in [0.1, 0.15) is 0 Å². The van der Waals surface area contributed by atoms with Crippen molar-refractivity contribution in [3.8, 4) is 0 Å². The number of rotatable bonds is 2. The number of carbonyl (C=O) groups is 1. The predicted octanol–water partition coefficient (Wildman–Crippen LogP) is -2.18. The zero-order chi connectivity index (χ0) is 12.7. The minimum absolute atomic E-state index is 0. The van der Waals surface area contributed by atoms with Gasteiger partial charge in [-0.05, 0) is 0 Å². The number of H-pyrrole nitrogens is 2. The molecule has 0 spiro atoms. The first-order valence-electron chi connectivity index (χ1n) is 3.70. The Labute approximate surface area is 119 Å². The summed E-state index contributed by atoms with van der Waals surface area (Å²) < 4.78 is 0.321. The minimum Gasteiger partial charge on any atom is -0.478 e. The van der Waals surface area contributed by atoms with Crippen LogP contribution in [0.25, 0.3) is 0 Å².